The van der Waals surface area contributed by atoms with E-state index in [4.69, 9.17) is 4.74 Å². The number of rotatable bonds is 5. The van der Waals surface area contributed by atoms with E-state index in [1.165, 1.54) is 0 Å². The number of amides is 1. The molecule has 140 valence electrons. The molecule has 0 radical (unpaired) electrons. The Kier molecular flexibility index (Phi) is 5.71. The molecule has 0 aliphatic heterocycles. The first kappa shape index (κ1) is 19.9. The molecule has 0 fully saturated rings. The Labute approximate surface area is 153 Å². The molecular formula is C19H22FNO4S. The third-order valence-corrected chi connectivity index (χ3v) is 4.84. The van der Waals surface area contributed by atoms with E-state index < -0.39 is 21.6 Å². The van der Waals surface area contributed by atoms with E-state index in [1.807, 2.05) is 12.1 Å². The standard InChI is InChI=1S/C19H22FNO4S/c1-19(2,3)13-5-7-14(8-6-13)25-12-18(22)21-17-11-15(26(4,23)24)9-10-16(17)20/h5-11H,12H2,1-4H3,(H,21,22). The second-order valence-corrected chi connectivity index (χ2v) is 9.04. The number of benzene rings is 2. The van der Waals surface area contributed by atoms with Crippen molar-refractivity contribution in [3.63, 3.8) is 0 Å². The van der Waals surface area contributed by atoms with Crippen LogP contribution in [0.4, 0.5) is 10.1 Å². The zero-order valence-corrected chi connectivity index (χ0v) is 16.0. The summed E-state index contributed by atoms with van der Waals surface area (Å²) in [5, 5.41) is 2.33. The molecule has 0 saturated carbocycles. The number of carbonyl (C=O) groups is 1. The molecule has 26 heavy (non-hydrogen) atoms. The van der Waals surface area contributed by atoms with Crippen LogP contribution in [-0.4, -0.2) is 27.2 Å². The lowest BCUT2D eigenvalue weighted by molar-refractivity contribution is -0.118. The summed E-state index contributed by atoms with van der Waals surface area (Å²) in [6.45, 7) is 5.96. The van der Waals surface area contributed by atoms with Crippen molar-refractivity contribution in [2.45, 2.75) is 31.1 Å². The van der Waals surface area contributed by atoms with Crippen LogP contribution in [0, 0.1) is 5.82 Å². The minimum atomic E-state index is -3.50. The van der Waals surface area contributed by atoms with E-state index in [9.17, 15) is 17.6 Å². The molecule has 2 aromatic carbocycles. The number of hydrogen-bond donors (Lipinski definition) is 1. The van der Waals surface area contributed by atoms with Gasteiger partial charge in [0.05, 0.1) is 10.6 Å². The summed E-state index contributed by atoms with van der Waals surface area (Å²) in [7, 11) is -3.50. The Morgan fingerprint density at radius 1 is 1.12 bits per heavy atom. The highest BCUT2D eigenvalue weighted by atomic mass is 32.2. The Balaban J connectivity index is 2.01. The Bertz CT molecular complexity index is 900. The number of anilines is 1. The molecule has 1 N–H and O–H groups in total. The van der Waals surface area contributed by atoms with Crippen LogP contribution in [0.2, 0.25) is 0 Å². The van der Waals surface area contributed by atoms with Crippen LogP contribution in [0.15, 0.2) is 47.4 Å². The van der Waals surface area contributed by atoms with Crippen molar-refractivity contribution in [1.29, 1.82) is 0 Å². The lowest BCUT2D eigenvalue weighted by Gasteiger charge is -2.19. The first-order valence-electron chi connectivity index (χ1n) is 7.99. The fourth-order valence-electron chi connectivity index (χ4n) is 2.22. The second-order valence-electron chi connectivity index (χ2n) is 7.03. The van der Waals surface area contributed by atoms with Gasteiger partial charge in [-0.15, -0.1) is 0 Å². The summed E-state index contributed by atoms with van der Waals surface area (Å²) in [4.78, 5) is 11.9. The van der Waals surface area contributed by atoms with Gasteiger partial charge in [0.1, 0.15) is 11.6 Å². The number of nitrogens with one attached hydrogen (secondary N) is 1. The third kappa shape index (κ3) is 5.29. The van der Waals surface area contributed by atoms with Crippen LogP contribution in [0.3, 0.4) is 0 Å². The van der Waals surface area contributed by atoms with Crippen molar-refractivity contribution in [3.8, 4) is 5.75 Å². The van der Waals surface area contributed by atoms with Crippen LogP contribution >= 0.6 is 0 Å². The molecule has 2 aromatic rings. The van der Waals surface area contributed by atoms with Gasteiger partial charge in [0, 0.05) is 6.26 Å². The molecule has 5 nitrogen and oxygen atoms in total. The molecule has 0 bridgehead atoms. The number of carbonyl (C=O) groups excluding carboxylic acids is 1. The second kappa shape index (κ2) is 7.45. The third-order valence-electron chi connectivity index (χ3n) is 3.73. The summed E-state index contributed by atoms with van der Waals surface area (Å²) in [6.07, 6.45) is 1.01. The van der Waals surface area contributed by atoms with Crippen molar-refractivity contribution >= 4 is 21.4 Å². The zero-order chi connectivity index (χ0) is 19.5. The maximum Gasteiger partial charge on any atom is 0.262 e. The van der Waals surface area contributed by atoms with Gasteiger partial charge in [0.2, 0.25) is 0 Å². The molecule has 0 aliphatic carbocycles. The van der Waals surface area contributed by atoms with Crippen molar-refractivity contribution in [3.05, 3.63) is 53.8 Å². The van der Waals surface area contributed by atoms with Gasteiger partial charge in [-0.25, -0.2) is 12.8 Å². The zero-order valence-electron chi connectivity index (χ0n) is 15.2. The number of sulfone groups is 1. The van der Waals surface area contributed by atoms with Crippen LogP contribution in [0.25, 0.3) is 0 Å². The molecule has 0 saturated heterocycles. The monoisotopic (exact) mass is 379 g/mol. The van der Waals surface area contributed by atoms with Gasteiger partial charge in [-0.1, -0.05) is 32.9 Å². The minimum absolute atomic E-state index is 0.0120. The Morgan fingerprint density at radius 2 is 1.73 bits per heavy atom. The quantitative estimate of drug-likeness (QED) is 0.807. The largest absolute Gasteiger partial charge is 0.484 e. The van der Waals surface area contributed by atoms with Gasteiger partial charge < -0.3 is 10.1 Å². The van der Waals surface area contributed by atoms with Crippen LogP contribution < -0.4 is 10.1 Å². The van der Waals surface area contributed by atoms with E-state index in [0.717, 1.165) is 30.0 Å². The maximum atomic E-state index is 13.8. The Morgan fingerprint density at radius 3 is 2.27 bits per heavy atom. The van der Waals surface area contributed by atoms with E-state index in [1.54, 1.807) is 12.1 Å². The van der Waals surface area contributed by atoms with E-state index in [0.29, 0.717) is 5.75 Å². The van der Waals surface area contributed by atoms with Crippen LogP contribution in [0.1, 0.15) is 26.3 Å². The van der Waals surface area contributed by atoms with E-state index >= 15 is 0 Å². The molecular weight excluding hydrogens is 357 g/mol. The highest BCUT2D eigenvalue weighted by molar-refractivity contribution is 7.90. The first-order chi connectivity index (χ1) is 12.0. The fourth-order valence-corrected chi connectivity index (χ4v) is 2.86. The van der Waals surface area contributed by atoms with Gasteiger partial charge in [0.25, 0.3) is 5.91 Å². The predicted octanol–water partition coefficient (Wildman–Crippen LogP) is 3.54. The SMILES string of the molecule is CC(C)(C)c1ccc(OCC(=O)Nc2cc(S(C)(=O)=O)ccc2F)cc1. The normalized spacial score (nSPS) is 11.9. The highest BCUT2D eigenvalue weighted by Gasteiger charge is 2.15. The molecule has 7 heteroatoms. The van der Waals surface area contributed by atoms with Crippen molar-refractivity contribution < 1.29 is 22.3 Å². The topological polar surface area (TPSA) is 72.5 Å². The maximum absolute atomic E-state index is 13.8. The molecule has 0 heterocycles. The van der Waals surface area contributed by atoms with Gasteiger partial charge in [0.15, 0.2) is 16.4 Å². The number of ether oxygens (including phenoxy) is 1. The molecule has 0 aromatic heterocycles. The van der Waals surface area contributed by atoms with Crippen LogP contribution in [-0.2, 0) is 20.0 Å². The average molecular weight is 379 g/mol. The van der Waals surface area contributed by atoms with Crippen molar-refractivity contribution in [2.24, 2.45) is 0 Å². The smallest absolute Gasteiger partial charge is 0.262 e. The molecule has 0 atom stereocenters. The summed E-state index contributed by atoms with van der Waals surface area (Å²) >= 11 is 0. The predicted molar refractivity (Wildman–Crippen MR) is 98.8 cm³/mol. The lowest BCUT2D eigenvalue weighted by Crippen LogP contribution is -2.21. The van der Waals surface area contributed by atoms with Crippen molar-refractivity contribution in [2.75, 3.05) is 18.2 Å². The first-order valence-corrected chi connectivity index (χ1v) is 9.89. The molecule has 0 aliphatic rings. The minimum Gasteiger partial charge on any atom is -0.484 e. The molecule has 1 amide bonds. The van der Waals surface area contributed by atoms with Crippen molar-refractivity contribution in [1.82, 2.24) is 0 Å². The summed E-state index contributed by atoms with van der Waals surface area (Å²) in [6, 6.07) is 10.6. The molecule has 0 unspecified atom stereocenters. The number of halogens is 1. The molecule has 0 spiro atoms. The average Bonchev–Trinajstić information content (AvgIpc) is 2.53. The summed E-state index contributed by atoms with van der Waals surface area (Å²) in [5.74, 6) is -0.798. The Hall–Kier alpha value is -2.41. The molecule has 2 rings (SSSR count). The van der Waals surface area contributed by atoms with Crippen LogP contribution in [0.5, 0.6) is 5.75 Å². The highest BCUT2D eigenvalue weighted by Crippen LogP contribution is 2.24. The van der Waals surface area contributed by atoms with Gasteiger partial charge in [-0.3, -0.25) is 4.79 Å². The lowest BCUT2D eigenvalue weighted by atomic mass is 9.87. The van der Waals surface area contributed by atoms with Gasteiger partial charge in [-0.05, 0) is 41.3 Å². The van der Waals surface area contributed by atoms with E-state index in [2.05, 4.69) is 26.1 Å². The summed E-state index contributed by atoms with van der Waals surface area (Å²) < 4.78 is 42.2. The van der Waals surface area contributed by atoms with Gasteiger partial charge in [-0.2, -0.15) is 0 Å². The fraction of sp³-hybridized carbons (Fsp3) is 0.316. The van der Waals surface area contributed by atoms with Gasteiger partial charge >= 0.3 is 0 Å². The summed E-state index contributed by atoms with van der Waals surface area (Å²) in [5.41, 5.74) is 0.941. The number of hydrogen-bond acceptors (Lipinski definition) is 4. The van der Waals surface area contributed by atoms with E-state index in [-0.39, 0.29) is 22.6 Å².